The number of nitrogens with zero attached hydrogens (tertiary/aromatic N) is 3. The Morgan fingerprint density at radius 3 is 2.43 bits per heavy atom. The molecule has 2 rings (SSSR count). The number of nitrogens with one attached hydrogen (secondary N) is 1. The van der Waals surface area contributed by atoms with Gasteiger partial charge in [0.25, 0.3) is 0 Å². The van der Waals surface area contributed by atoms with Crippen LogP contribution in [0.25, 0.3) is 0 Å². The lowest BCUT2D eigenvalue weighted by molar-refractivity contribution is -0.386. The van der Waals surface area contributed by atoms with E-state index >= 15 is 0 Å². The summed E-state index contributed by atoms with van der Waals surface area (Å²) < 4.78 is 6.24. The Morgan fingerprint density at radius 1 is 1.29 bits per heavy atom. The average molecular weight is 408 g/mol. The van der Waals surface area contributed by atoms with Crippen molar-refractivity contribution >= 4 is 39.7 Å². The third kappa shape index (κ3) is 4.09. The highest BCUT2D eigenvalue weighted by atomic mass is 32.1. The minimum atomic E-state index is -0.638. The van der Waals surface area contributed by atoms with Gasteiger partial charge in [0.2, 0.25) is 5.91 Å². The molecule has 0 saturated heterocycles. The number of ketones is 1. The highest BCUT2D eigenvalue weighted by Gasteiger charge is 2.26. The number of nitro groups is 1. The van der Waals surface area contributed by atoms with Crippen molar-refractivity contribution in [1.82, 2.24) is 9.78 Å². The monoisotopic (exact) mass is 408 g/mol. The number of amides is 1. The molecule has 0 aliphatic rings. The summed E-state index contributed by atoms with van der Waals surface area (Å²) in [7, 11) is 0. The zero-order valence-corrected chi connectivity index (χ0v) is 16.9. The van der Waals surface area contributed by atoms with Crippen LogP contribution in [-0.2, 0) is 16.1 Å². The zero-order chi connectivity index (χ0) is 21.2. The minimum absolute atomic E-state index is 0.129. The number of rotatable bonds is 7. The standard InChI is InChI=1S/C17H20N4O6S/c1-6-27-17(24)13-8(2)15(11(5)22)28-16(13)18-12(23)7-20-10(4)14(21(25)26)9(3)19-20/h6-7H2,1-5H3,(H,18,23). The van der Waals surface area contributed by atoms with Crippen molar-refractivity contribution in [2.24, 2.45) is 0 Å². The third-order valence-electron chi connectivity index (χ3n) is 4.02. The van der Waals surface area contributed by atoms with E-state index in [1.807, 2.05) is 0 Å². The summed E-state index contributed by atoms with van der Waals surface area (Å²) in [4.78, 5) is 47.4. The second-order valence-electron chi connectivity index (χ2n) is 6.02. The SMILES string of the molecule is CCOC(=O)c1c(NC(=O)Cn2nc(C)c([N+](=O)[O-])c2C)sc(C(C)=O)c1C. The van der Waals surface area contributed by atoms with E-state index in [1.54, 1.807) is 13.8 Å². The van der Waals surface area contributed by atoms with E-state index in [0.29, 0.717) is 10.4 Å². The van der Waals surface area contributed by atoms with Crippen LogP contribution in [0, 0.1) is 30.9 Å². The second kappa shape index (κ2) is 8.30. The van der Waals surface area contributed by atoms with E-state index in [9.17, 15) is 24.5 Å². The largest absolute Gasteiger partial charge is 0.462 e. The molecule has 0 bridgehead atoms. The smallest absolute Gasteiger partial charge is 0.341 e. The third-order valence-corrected chi connectivity index (χ3v) is 5.33. The zero-order valence-electron chi connectivity index (χ0n) is 16.1. The highest BCUT2D eigenvalue weighted by molar-refractivity contribution is 7.18. The van der Waals surface area contributed by atoms with Crippen molar-refractivity contribution < 1.29 is 24.0 Å². The van der Waals surface area contributed by atoms with Crippen LogP contribution in [0.2, 0.25) is 0 Å². The summed E-state index contributed by atoms with van der Waals surface area (Å²) in [6.45, 7) is 7.48. The lowest BCUT2D eigenvalue weighted by Gasteiger charge is -2.08. The molecule has 10 nitrogen and oxygen atoms in total. The molecule has 0 atom stereocenters. The Morgan fingerprint density at radius 2 is 1.93 bits per heavy atom. The van der Waals surface area contributed by atoms with Crippen LogP contribution in [-0.4, -0.2) is 39.0 Å². The molecule has 0 radical (unpaired) electrons. The molecule has 2 aromatic rings. The van der Waals surface area contributed by atoms with E-state index in [4.69, 9.17) is 4.74 Å². The fourth-order valence-electron chi connectivity index (χ4n) is 2.79. The molecule has 0 spiro atoms. The van der Waals surface area contributed by atoms with Gasteiger partial charge < -0.3 is 10.1 Å². The van der Waals surface area contributed by atoms with Crippen LogP contribution in [0.15, 0.2) is 0 Å². The second-order valence-corrected chi connectivity index (χ2v) is 7.04. The summed E-state index contributed by atoms with van der Waals surface area (Å²) >= 11 is 0.985. The maximum Gasteiger partial charge on any atom is 0.341 e. The van der Waals surface area contributed by atoms with Gasteiger partial charge in [-0.05, 0) is 40.2 Å². The van der Waals surface area contributed by atoms with Crippen LogP contribution in [0.5, 0.6) is 0 Å². The first-order valence-electron chi connectivity index (χ1n) is 8.38. The van der Waals surface area contributed by atoms with Gasteiger partial charge >= 0.3 is 11.7 Å². The van der Waals surface area contributed by atoms with Gasteiger partial charge in [0.05, 0.1) is 22.0 Å². The number of carbonyl (C=O) groups is 3. The first kappa shape index (κ1) is 21.2. The Hall–Kier alpha value is -3.08. The normalized spacial score (nSPS) is 10.6. The van der Waals surface area contributed by atoms with Crippen LogP contribution in [0.3, 0.4) is 0 Å². The molecule has 1 amide bonds. The molecular formula is C17H20N4O6S. The predicted molar refractivity (Wildman–Crippen MR) is 102 cm³/mol. The van der Waals surface area contributed by atoms with Gasteiger partial charge in [0.15, 0.2) is 5.78 Å². The highest BCUT2D eigenvalue weighted by Crippen LogP contribution is 2.34. The van der Waals surface area contributed by atoms with Crippen LogP contribution >= 0.6 is 11.3 Å². The lowest BCUT2D eigenvalue weighted by Crippen LogP contribution is -2.21. The first-order valence-corrected chi connectivity index (χ1v) is 9.19. The van der Waals surface area contributed by atoms with Gasteiger partial charge in [-0.1, -0.05) is 0 Å². The van der Waals surface area contributed by atoms with Crippen molar-refractivity contribution in [1.29, 1.82) is 0 Å². The summed E-state index contributed by atoms with van der Waals surface area (Å²) in [6, 6.07) is 0. The van der Waals surface area contributed by atoms with E-state index in [1.165, 1.54) is 25.5 Å². The van der Waals surface area contributed by atoms with E-state index in [-0.39, 0.29) is 46.6 Å². The Kier molecular flexibility index (Phi) is 6.29. The van der Waals surface area contributed by atoms with Crippen molar-refractivity contribution in [3.63, 3.8) is 0 Å². The Labute approximate surface area is 164 Å². The number of thiophene rings is 1. The van der Waals surface area contributed by atoms with Gasteiger partial charge in [0, 0.05) is 0 Å². The van der Waals surface area contributed by atoms with Crippen LogP contribution < -0.4 is 5.32 Å². The molecular weight excluding hydrogens is 388 g/mol. The molecule has 0 aliphatic carbocycles. The van der Waals surface area contributed by atoms with Gasteiger partial charge in [-0.15, -0.1) is 11.3 Å². The first-order chi connectivity index (χ1) is 13.1. The molecule has 28 heavy (non-hydrogen) atoms. The summed E-state index contributed by atoms with van der Waals surface area (Å²) in [6.07, 6.45) is 0. The molecule has 2 aromatic heterocycles. The number of anilines is 1. The van der Waals surface area contributed by atoms with E-state index in [2.05, 4.69) is 10.4 Å². The average Bonchev–Trinajstić information content (AvgIpc) is 3.04. The number of Topliss-reactive ketones (excluding diaryl/α,β-unsaturated/α-hetero) is 1. The van der Waals surface area contributed by atoms with E-state index < -0.39 is 16.8 Å². The Balaban J connectivity index is 2.33. The number of hydrogen-bond donors (Lipinski definition) is 1. The maximum atomic E-state index is 12.5. The van der Waals surface area contributed by atoms with Gasteiger partial charge in [0.1, 0.15) is 22.9 Å². The number of ether oxygens (including phenoxy) is 1. The van der Waals surface area contributed by atoms with Gasteiger partial charge in [-0.2, -0.15) is 5.10 Å². The molecule has 1 N–H and O–H groups in total. The lowest BCUT2D eigenvalue weighted by atomic mass is 10.1. The van der Waals surface area contributed by atoms with Crippen molar-refractivity contribution in [3.05, 3.63) is 37.5 Å². The summed E-state index contributed by atoms with van der Waals surface area (Å²) in [5.74, 6) is -1.41. The molecule has 2 heterocycles. The van der Waals surface area contributed by atoms with Crippen molar-refractivity contribution in [3.8, 4) is 0 Å². The topological polar surface area (TPSA) is 133 Å². The molecule has 0 unspecified atom stereocenters. The molecule has 0 aliphatic heterocycles. The molecule has 0 fully saturated rings. The Bertz CT molecular complexity index is 975. The molecule has 11 heteroatoms. The predicted octanol–water partition coefficient (Wildman–Crippen LogP) is 2.80. The molecule has 0 aromatic carbocycles. The van der Waals surface area contributed by atoms with Gasteiger partial charge in [-0.25, -0.2) is 4.79 Å². The van der Waals surface area contributed by atoms with Crippen molar-refractivity contribution in [2.75, 3.05) is 11.9 Å². The summed E-state index contributed by atoms with van der Waals surface area (Å²) in [5.41, 5.74) is 0.868. The number of carbonyl (C=O) groups excluding carboxylic acids is 3. The summed E-state index contributed by atoms with van der Waals surface area (Å²) in [5, 5.41) is 17.9. The fourth-order valence-corrected chi connectivity index (χ4v) is 3.90. The maximum absolute atomic E-state index is 12.5. The van der Waals surface area contributed by atoms with Gasteiger partial charge in [-0.3, -0.25) is 24.4 Å². The number of esters is 1. The minimum Gasteiger partial charge on any atom is -0.462 e. The molecule has 150 valence electrons. The van der Waals surface area contributed by atoms with E-state index in [0.717, 1.165) is 11.3 Å². The number of aromatic nitrogens is 2. The quantitative estimate of drug-likeness (QED) is 0.322. The molecule has 0 saturated carbocycles. The van der Waals surface area contributed by atoms with Crippen LogP contribution in [0.4, 0.5) is 10.7 Å². The van der Waals surface area contributed by atoms with Crippen molar-refractivity contribution in [2.45, 2.75) is 41.2 Å². The number of aryl methyl sites for hydroxylation is 1. The van der Waals surface area contributed by atoms with Crippen LogP contribution in [0.1, 0.15) is 50.8 Å². The fraction of sp³-hybridized carbons (Fsp3) is 0.412. The number of hydrogen-bond acceptors (Lipinski definition) is 8.